The van der Waals surface area contributed by atoms with Crippen LogP contribution in [0.4, 0.5) is 15.9 Å². The number of carbonyl (C=O) groups is 1. The number of hydrogen-bond acceptors (Lipinski definition) is 3. The average molecular weight is 248 g/mol. The molecule has 2 aromatic rings. The second kappa shape index (κ2) is 4.48. The standard InChI is InChI=1S/C12H13FN4O/c1-7-3-11(17(2)16-7)15-12(18)8-4-9(13)6-10(14)5-8/h3-6H,14H2,1-2H3,(H,15,18). The molecule has 0 unspecified atom stereocenters. The van der Waals surface area contributed by atoms with Gasteiger partial charge in [0.1, 0.15) is 11.6 Å². The van der Waals surface area contributed by atoms with Crippen LogP contribution in [0.15, 0.2) is 24.3 Å². The summed E-state index contributed by atoms with van der Waals surface area (Å²) in [5, 5.41) is 6.74. The molecule has 6 heteroatoms. The molecule has 1 aromatic carbocycles. The Bertz CT molecular complexity index is 586. The Balaban J connectivity index is 2.24. The van der Waals surface area contributed by atoms with Crippen LogP contribution < -0.4 is 11.1 Å². The Morgan fingerprint density at radius 2 is 2.11 bits per heavy atom. The summed E-state index contributed by atoms with van der Waals surface area (Å²) in [6.07, 6.45) is 0. The van der Waals surface area contributed by atoms with Crippen LogP contribution in [0.2, 0.25) is 0 Å². The molecular formula is C12H13FN4O. The number of anilines is 2. The molecule has 3 N–H and O–H groups in total. The van der Waals surface area contributed by atoms with Crippen LogP contribution in [-0.4, -0.2) is 15.7 Å². The van der Waals surface area contributed by atoms with Gasteiger partial charge in [-0.15, -0.1) is 0 Å². The number of amides is 1. The van der Waals surface area contributed by atoms with Crippen molar-refractivity contribution in [2.45, 2.75) is 6.92 Å². The molecule has 0 fully saturated rings. The lowest BCUT2D eigenvalue weighted by Crippen LogP contribution is -2.15. The molecule has 94 valence electrons. The second-order valence-corrected chi connectivity index (χ2v) is 4.02. The number of aryl methyl sites for hydroxylation is 2. The third-order valence-corrected chi connectivity index (χ3v) is 2.43. The van der Waals surface area contributed by atoms with Crippen LogP contribution in [0.3, 0.4) is 0 Å². The molecule has 0 radical (unpaired) electrons. The predicted octanol–water partition coefficient (Wildman–Crippen LogP) is 1.70. The molecule has 0 saturated carbocycles. The number of nitrogens with two attached hydrogens (primary N) is 1. The quantitative estimate of drug-likeness (QED) is 0.794. The Labute approximate surface area is 103 Å². The van der Waals surface area contributed by atoms with Gasteiger partial charge in [-0.3, -0.25) is 9.48 Å². The van der Waals surface area contributed by atoms with Gasteiger partial charge in [0.05, 0.1) is 5.69 Å². The summed E-state index contributed by atoms with van der Waals surface area (Å²) in [4.78, 5) is 11.9. The third-order valence-electron chi connectivity index (χ3n) is 2.43. The maximum Gasteiger partial charge on any atom is 0.256 e. The zero-order chi connectivity index (χ0) is 13.3. The lowest BCUT2D eigenvalue weighted by Gasteiger charge is -2.06. The predicted molar refractivity (Wildman–Crippen MR) is 66.7 cm³/mol. The SMILES string of the molecule is Cc1cc(NC(=O)c2cc(N)cc(F)c2)n(C)n1. The van der Waals surface area contributed by atoms with E-state index in [1.807, 2.05) is 6.92 Å². The van der Waals surface area contributed by atoms with Crippen LogP contribution in [-0.2, 0) is 7.05 Å². The molecule has 1 amide bonds. The summed E-state index contributed by atoms with van der Waals surface area (Å²) < 4.78 is 14.7. The van der Waals surface area contributed by atoms with E-state index in [9.17, 15) is 9.18 Å². The molecule has 0 aliphatic heterocycles. The fourth-order valence-corrected chi connectivity index (χ4v) is 1.66. The molecule has 1 heterocycles. The minimum atomic E-state index is -0.540. The number of nitrogens with one attached hydrogen (secondary N) is 1. The summed E-state index contributed by atoms with van der Waals surface area (Å²) in [5.74, 6) is -0.425. The molecular weight excluding hydrogens is 235 g/mol. The van der Waals surface area contributed by atoms with Crippen molar-refractivity contribution >= 4 is 17.4 Å². The van der Waals surface area contributed by atoms with E-state index < -0.39 is 11.7 Å². The van der Waals surface area contributed by atoms with Crippen molar-refractivity contribution < 1.29 is 9.18 Å². The van der Waals surface area contributed by atoms with Crippen molar-refractivity contribution in [2.24, 2.45) is 7.05 Å². The third kappa shape index (κ3) is 2.48. The molecule has 0 bridgehead atoms. The largest absolute Gasteiger partial charge is 0.399 e. The topological polar surface area (TPSA) is 72.9 Å². The summed E-state index contributed by atoms with van der Waals surface area (Å²) in [6.45, 7) is 1.82. The van der Waals surface area contributed by atoms with Crippen molar-refractivity contribution in [3.8, 4) is 0 Å². The van der Waals surface area contributed by atoms with Crippen LogP contribution in [0.1, 0.15) is 16.1 Å². The number of hydrogen-bond donors (Lipinski definition) is 2. The number of aromatic nitrogens is 2. The molecule has 18 heavy (non-hydrogen) atoms. The maximum atomic E-state index is 13.1. The molecule has 0 spiro atoms. The minimum absolute atomic E-state index is 0.173. The number of rotatable bonds is 2. The lowest BCUT2D eigenvalue weighted by atomic mass is 10.2. The van der Waals surface area contributed by atoms with Gasteiger partial charge in [-0.1, -0.05) is 0 Å². The molecule has 0 saturated heterocycles. The summed E-state index contributed by atoms with van der Waals surface area (Å²) >= 11 is 0. The van der Waals surface area contributed by atoms with Gasteiger partial charge in [-0.25, -0.2) is 4.39 Å². The van der Waals surface area contributed by atoms with Crippen molar-refractivity contribution in [3.63, 3.8) is 0 Å². The zero-order valence-corrected chi connectivity index (χ0v) is 10.1. The van der Waals surface area contributed by atoms with Gasteiger partial charge in [0.2, 0.25) is 0 Å². The first-order chi connectivity index (χ1) is 8.45. The Hall–Kier alpha value is -2.37. The van der Waals surface area contributed by atoms with Crippen LogP contribution in [0.25, 0.3) is 0 Å². The van der Waals surface area contributed by atoms with Crippen LogP contribution in [0, 0.1) is 12.7 Å². The molecule has 5 nitrogen and oxygen atoms in total. The molecule has 2 rings (SSSR count). The molecule has 1 aromatic heterocycles. The average Bonchev–Trinajstić information content (AvgIpc) is 2.56. The van der Waals surface area contributed by atoms with E-state index in [2.05, 4.69) is 10.4 Å². The van der Waals surface area contributed by atoms with Gasteiger partial charge in [-0.05, 0) is 25.1 Å². The fourth-order valence-electron chi connectivity index (χ4n) is 1.66. The van der Waals surface area contributed by atoms with E-state index in [4.69, 9.17) is 5.73 Å². The van der Waals surface area contributed by atoms with Crippen molar-refractivity contribution in [2.75, 3.05) is 11.1 Å². The minimum Gasteiger partial charge on any atom is -0.399 e. The smallest absolute Gasteiger partial charge is 0.256 e. The monoisotopic (exact) mass is 248 g/mol. The number of nitrogen functional groups attached to an aromatic ring is 1. The van der Waals surface area contributed by atoms with E-state index in [1.165, 1.54) is 10.7 Å². The first kappa shape index (κ1) is 12.1. The second-order valence-electron chi connectivity index (χ2n) is 4.02. The molecule has 0 atom stereocenters. The first-order valence-corrected chi connectivity index (χ1v) is 5.34. The zero-order valence-electron chi connectivity index (χ0n) is 10.1. The van der Waals surface area contributed by atoms with Gasteiger partial charge < -0.3 is 11.1 Å². The highest BCUT2D eigenvalue weighted by molar-refractivity contribution is 6.04. The fraction of sp³-hybridized carbons (Fsp3) is 0.167. The van der Waals surface area contributed by atoms with Gasteiger partial charge in [0.15, 0.2) is 0 Å². The van der Waals surface area contributed by atoms with Crippen molar-refractivity contribution in [3.05, 3.63) is 41.3 Å². The van der Waals surface area contributed by atoms with Gasteiger partial charge >= 0.3 is 0 Å². The highest BCUT2D eigenvalue weighted by Gasteiger charge is 2.11. The number of benzene rings is 1. The maximum absolute atomic E-state index is 13.1. The van der Waals surface area contributed by atoms with Crippen molar-refractivity contribution in [1.82, 2.24) is 9.78 Å². The first-order valence-electron chi connectivity index (χ1n) is 5.34. The summed E-state index contributed by atoms with van der Waals surface area (Å²) in [7, 11) is 1.71. The van der Waals surface area contributed by atoms with Crippen LogP contribution >= 0.6 is 0 Å². The summed E-state index contributed by atoms with van der Waals surface area (Å²) in [6, 6.07) is 5.43. The van der Waals surface area contributed by atoms with Gasteiger partial charge in [0, 0.05) is 24.4 Å². The number of carbonyl (C=O) groups excluding carboxylic acids is 1. The highest BCUT2D eigenvalue weighted by Crippen LogP contribution is 2.14. The summed E-state index contributed by atoms with van der Waals surface area (Å²) in [5.41, 5.74) is 6.65. The van der Waals surface area contributed by atoms with E-state index >= 15 is 0 Å². The number of halogens is 1. The lowest BCUT2D eigenvalue weighted by molar-refractivity contribution is 0.102. The van der Waals surface area contributed by atoms with Gasteiger partial charge in [-0.2, -0.15) is 5.10 Å². The van der Waals surface area contributed by atoms with E-state index in [-0.39, 0.29) is 11.3 Å². The Kier molecular flexibility index (Phi) is 3.01. The van der Waals surface area contributed by atoms with Crippen molar-refractivity contribution in [1.29, 1.82) is 0 Å². The normalized spacial score (nSPS) is 10.4. The van der Waals surface area contributed by atoms with Gasteiger partial charge in [0.25, 0.3) is 5.91 Å². The number of nitrogens with zero attached hydrogens (tertiary/aromatic N) is 2. The molecule has 0 aliphatic carbocycles. The Morgan fingerprint density at radius 1 is 1.39 bits per heavy atom. The van der Waals surface area contributed by atoms with Crippen LogP contribution in [0.5, 0.6) is 0 Å². The van der Waals surface area contributed by atoms with E-state index in [0.717, 1.165) is 17.8 Å². The van der Waals surface area contributed by atoms with E-state index in [0.29, 0.717) is 5.82 Å². The van der Waals surface area contributed by atoms with E-state index in [1.54, 1.807) is 13.1 Å². The molecule has 0 aliphatic rings. The highest BCUT2D eigenvalue weighted by atomic mass is 19.1. The Morgan fingerprint density at radius 3 is 2.67 bits per heavy atom.